The van der Waals surface area contributed by atoms with Gasteiger partial charge in [-0.05, 0) is 18.8 Å². The second-order valence-electron chi connectivity index (χ2n) is 2.67. The Balaban J connectivity index is 2.33. The first-order valence-corrected chi connectivity index (χ1v) is 3.14. The molecule has 1 radical (unpaired) electrons. The highest BCUT2D eigenvalue weighted by molar-refractivity contribution is 4.74. The van der Waals surface area contributed by atoms with Crippen molar-refractivity contribution in [1.82, 2.24) is 0 Å². The topological polar surface area (TPSA) is 0 Å². The van der Waals surface area contributed by atoms with Crippen LogP contribution in [0.3, 0.4) is 0 Å². The molecule has 0 aromatic rings. The van der Waals surface area contributed by atoms with Crippen molar-refractivity contribution in [3.05, 3.63) is 6.92 Å². The van der Waals surface area contributed by atoms with E-state index in [0.717, 1.165) is 11.8 Å². The predicted octanol–water partition coefficient (Wildman–Crippen LogP) is 2.26. The first kappa shape index (κ1) is 5.14. The molecule has 0 amide bonds. The van der Waals surface area contributed by atoms with Crippen LogP contribution < -0.4 is 0 Å². The van der Waals surface area contributed by atoms with E-state index in [0.29, 0.717) is 0 Å². The van der Waals surface area contributed by atoms with Crippen LogP contribution in [0.25, 0.3) is 0 Å². The molecule has 1 saturated carbocycles. The van der Waals surface area contributed by atoms with Gasteiger partial charge in [0.25, 0.3) is 0 Å². The van der Waals surface area contributed by atoms with E-state index in [9.17, 15) is 0 Å². The van der Waals surface area contributed by atoms with Crippen LogP contribution in [0, 0.1) is 18.8 Å². The average molecular weight is 97.2 g/mol. The Hall–Kier alpha value is 0. The molecule has 0 nitrogen and oxygen atoms in total. The molecule has 0 heteroatoms. The lowest BCUT2D eigenvalue weighted by Gasteiger charge is -2.04. The number of hydrogen-bond donors (Lipinski definition) is 0. The van der Waals surface area contributed by atoms with Crippen LogP contribution in [-0.2, 0) is 0 Å². The third-order valence-electron chi connectivity index (χ3n) is 2.04. The summed E-state index contributed by atoms with van der Waals surface area (Å²) < 4.78 is 0. The molecular weight excluding hydrogens is 84.1 g/mol. The molecule has 0 saturated heterocycles. The zero-order valence-electron chi connectivity index (χ0n) is 4.98. The molecule has 0 spiro atoms. The summed E-state index contributed by atoms with van der Waals surface area (Å²) >= 11 is 0. The van der Waals surface area contributed by atoms with Crippen molar-refractivity contribution >= 4 is 0 Å². The smallest absolute Gasteiger partial charge is 0.0388 e. The van der Waals surface area contributed by atoms with E-state index in [4.69, 9.17) is 0 Å². The second kappa shape index (κ2) is 1.85. The maximum atomic E-state index is 4.02. The summed E-state index contributed by atoms with van der Waals surface area (Å²) in [4.78, 5) is 0. The summed E-state index contributed by atoms with van der Waals surface area (Å²) in [6.07, 6.45) is 4.19. The minimum absolute atomic E-state index is 0.764. The Morgan fingerprint density at radius 2 is 2.14 bits per heavy atom. The highest BCUT2D eigenvalue weighted by Gasteiger charge is 2.17. The van der Waals surface area contributed by atoms with Gasteiger partial charge in [0.05, 0.1) is 0 Å². The van der Waals surface area contributed by atoms with Gasteiger partial charge in [-0.3, -0.25) is 0 Å². The molecule has 1 aliphatic carbocycles. The van der Waals surface area contributed by atoms with Crippen molar-refractivity contribution in [2.75, 3.05) is 0 Å². The summed E-state index contributed by atoms with van der Waals surface area (Å²) in [7, 11) is 0. The third kappa shape index (κ3) is 0.960. The third-order valence-corrected chi connectivity index (χ3v) is 2.04. The fourth-order valence-corrected chi connectivity index (χ4v) is 1.22. The molecule has 1 aliphatic rings. The lowest BCUT2D eigenvalue weighted by Crippen LogP contribution is -1.96. The van der Waals surface area contributed by atoms with Crippen LogP contribution in [0.4, 0.5) is 0 Å². The monoisotopic (exact) mass is 97.1 g/mol. The first-order valence-electron chi connectivity index (χ1n) is 3.14. The normalized spacial score (nSPS) is 42.0. The van der Waals surface area contributed by atoms with Crippen molar-refractivity contribution in [2.45, 2.75) is 26.2 Å². The van der Waals surface area contributed by atoms with Crippen LogP contribution in [0.1, 0.15) is 26.2 Å². The molecule has 0 N–H and O–H groups in total. The van der Waals surface area contributed by atoms with Crippen molar-refractivity contribution in [3.8, 4) is 0 Å². The lowest BCUT2D eigenvalue weighted by molar-refractivity contribution is 0.500. The highest BCUT2D eigenvalue weighted by atomic mass is 14.2. The highest BCUT2D eigenvalue weighted by Crippen LogP contribution is 2.29. The van der Waals surface area contributed by atoms with Gasteiger partial charge in [-0.1, -0.05) is 26.2 Å². The zero-order chi connectivity index (χ0) is 5.28. The first-order chi connectivity index (χ1) is 3.30. The molecule has 0 aromatic heterocycles. The Morgan fingerprint density at radius 1 is 1.43 bits per heavy atom. The van der Waals surface area contributed by atoms with E-state index < -0.39 is 0 Å². The Kier molecular flexibility index (Phi) is 1.36. The maximum Gasteiger partial charge on any atom is -0.0388 e. The van der Waals surface area contributed by atoms with Gasteiger partial charge in [0, 0.05) is 0 Å². The van der Waals surface area contributed by atoms with Crippen LogP contribution >= 0.6 is 0 Å². The molecule has 0 unspecified atom stereocenters. The summed E-state index contributed by atoms with van der Waals surface area (Å²) in [5, 5.41) is 0. The molecular formula is C7H13. The Bertz CT molecular complexity index is 49.1. The van der Waals surface area contributed by atoms with Gasteiger partial charge < -0.3 is 0 Å². The summed E-state index contributed by atoms with van der Waals surface area (Å²) in [6, 6.07) is 0. The minimum Gasteiger partial charge on any atom is -0.0622 e. The van der Waals surface area contributed by atoms with E-state index >= 15 is 0 Å². The summed E-state index contributed by atoms with van der Waals surface area (Å²) in [5.74, 6) is 1.67. The quantitative estimate of drug-likeness (QED) is 0.435. The minimum atomic E-state index is 0.764. The van der Waals surface area contributed by atoms with E-state index in [2.05, 4.69) is 13.8 Å². The van der Waals surface area contributed by atoms with E-state index in [-0.39, 0.29) is 0 Å². The van der Waals surface area contributed by atoms with Crippen molar-refractivity contribution in [1.29, 1.82) is 0 Å². The second-order valence-corrected chi connectivity index (χ2v) is 2.67. The van der Waals surface area contributed by atoms with Gasteiger partial charge in [0.15, 0.2) is 0 Å². The van der Waals surface area contributed by atoms with Gasteiger partial charge in [-0.2, -0.15) is 0 Å². The van der Waals surface area contributed by atoms with E-state index in [1.807, 2.05) is 0 Å². The Morgan fingerprint density at radius 3 is 2.29 bits per heavy atom. The van der Waals surface area contributed by atoms with Gasteiger partial charge in [0.1, 0.15) is 0 Å². The molecule has 0 aromatic carbocycles. The molecule has 1 fully saturated rings. The van der Waals surface area contributed by atoms with Gasteiger partial charge >= 0.3 is 0 Å². The van der Waals surface area contributed by atoms with Gasteiger partial charge in [0.2, 0.25) is 0 Å². The molecule has 0 heterocycles. The molecule has 7 heavy (non-hydrogen) atoms. The molecule has 1 rings (SSSR count). The fourth-order valence-electron chi connectivity index (χ4n) is 1.22. The summed E-state index contributed by atoms with van der Waals surface area (Å²) in [5.41, 5.74) is 0. The molecule has 2 atom stereocenters. The van der Waals surface area contributed by atoms with Crippen LogP contribution in [-0.4, -0.2) is 0 Å². The average Bonchev–Trinajstić information content (AvgIpc) is 1.91. The maximum absolute atomic E-state index is 4.02. The molecule has 0 bridgehead atoms. The van der Waals surface area contributed by atoms with Gasteiger partial charge in [-0.25, -0.2) is 0 Å². The van der Waals surface area contributed by atoms with Crippen molar-refractivity contribution in [2.24, 2.45) is 11.8 Å². The number of rotatable bonds is 0. The van der Waals surface area contributed by atoms with Crippen molar-refractivity contribution < 1.29 is 0 Å². The van der Waals surface area contributed by atoms with E-state index in [1.165, 1.54) is 19.3 Å². The number of hydrogen-bond acceptors (Lipinski definition) is 0. The predicted molar refractivity (Wildman–Crippen MR) is 31.9 cm³/mol. The van der Waals surface area contributed by atoms with Crippen LogP contribution in [0.15, 0.2) is 0 Å². The molecule has 0 aliphatic heterocycles. The lowest BCUT2D eigenvalue weighted by atomic mass is 10.0. The van der Waals surface area contributed by atoms with Gasteiger partial charge in [-0.15, -0.1) is 0 Å². The standard InChI is InChI=1S/C7H13/c1-6-4-3-5-7(6)2/h6-7H,1,3-5H2,2H3/t6-,7+/m1/s1. The zero-order valence-corrected chi connectivity index (χ0v) is 4.98. The summed E-state index contributed by atoms with van der Waals surface area (Å²) in [6.45, 7) is 6.31. The molecule has 41 valence electrons. The SMILES string of the molecule is [CH2][C@@H]1CCC[C@@H]1C. The Labute approximate surface area is 45.9 Å². The van der Waals surface area contributed by atoms with E-state index in [1.54, 1.807) is 0 Å². The largest absolute Gasteiger partial charge is 0.0622 e. The van der Waals surface area contributed by atoms with Crippen LogP contribution in [0.2, 0.25) is 0 Å². The van der Waals surface area contributed by atoms with Crippen LogP contribution in [0.5, 0.6) is 0 Å². The fraction of sp³-hybridized carbons (Fsp3) is 0.857. The van der Waals surface area contributed by atoms with Crippen molar-refractivity contribution in [3.63, 3.8) is 0 Å².